The normalized spacial score (nSPS) is 23.6. The van der Waals surface area contributed by atoms with Crippen LogP contribution in [-0.2, 0) is 31.2 Å². The Hall–Kier alpha value is -6.02. The number of esters is 1. The zero-order valence-corrected chi connectivity index (χ0v) is 43.6. The summed E-state index contributed by atoms with van der Waals surface area (Å²) in [7, 11) is -2.44. The van der Waals surface area contributed by atoms with E-state index in [0.29, 0.717) is 36.9 Å². The third-order valence-electron chi connectivity index (χ3n) is 14.4. The Bertz CT molecular complexity index is 2660. The van der Waals surface area contributed by atoms with Gasteiger partial charge < -0.3 is 48.0 Å². The molecule has 4 aromatic carbocycles. The van der Waals surface area contributed by atoms with Crippen LogP contribution < -0.4 is 24.0 Å². The van der Waals surface area contributed by atoms with Crippen molar-refractivity contribution < 1.29 is 46.4 Å². The van der Waals surface area contributed by atoms with Crippen molar-refractivity contribution in [1.82, 2.24) is 24.6 Å². The number of anilines is 3. The van der Waals surface area contributed by atoms with Gasteiger partial charge in [0.25, 0.3) is 5.24 Å². The first-order chi connectivity index (χ1) is 35.9. The molecular formula is C55H69F3N8O7S. The van der Waals surface area contributed by atoms with Crippen LogP contribution in [0, 0.1) is 23.4 Å². The van der Waals surface area contributed by atoms with E-state index in [1.54, 1.807) is 6.07 Å². The summed E-state index contributed by atoms with van der Waals surface area (Å²) >= 11 is 0. The van der Waals surface area contributed by atoms with Crippen molar-refractivity contribution in [3.8, 4) is 11.5 Å². The highest BCUT2D eigenvalue weighted by molar-refractivity contribution is 8.46. The predicted octanol–water partition coefficient (Wildman–Crippen LogP) is 9.62. The van der Waals surface area contributed by atoms with Crippen molar-refractivity contribution in [2.24, 2.45) is 5.92 Å². The van der Waals surface area contributed by atoms with Crippen LogP contribution in [0.1, 0.15) is 65.4 Å². The lowest BCUT2D eigenvalue weighted by Crippen LogP contribution is -2.48. The number of amides is 1. The lowest BCUT2D eigenvalue weighted by molar-refractivity contribution is -0.149. The number of nitrogens with zero attached hydrogens (tertiary/aromatic N) is 7. The Morgan fingerprint density at radius 3 is 2.22 bits per heavy atom. The van der Waals surface area contributed by atoms with Crippen molar-refractivity contribution >= 4 is 38.5 Å². The van der Waals surface area contributed by atoms with Crippen LogP contribution >= 0.6 is 10.2 Å². The van der Waals surface area contributed by atoms with Crippen molar-refractivity contribution in [1.29, 1.82) is 0 Å². The fourth-order valence-corrected chi connectivity index (χ4v) is 14.1. The van der Waals surface area contributed by atoms with Gasteiger partial charge in [0, 0.05) is 84.2 Å². The Morgan fingerprint density at radius 1 is 0.865 bits per heavy atom. The topological polar surface area (TPSA) is 136 Å². The summed E-state index contributed by atoms with van der Waals surface area (Å²) in [5.74, 6) is -0.774. The molecule has 1 aromatic heterocycles. The van der Waals surface area contributed by atoms with E-state index in [-0.39, 0.29) is 60.3 Å². The van der Waals surface area contributed by atoms with Crippen LogP contribution in [0.4, 0.5) is 35.0 Å². The lowest BCUT2D eigenvalue weighted by Gasteiger charge is -2.38. The highest BCUT2D eigenvalue weighted by atomic mass is 32.3. The molecular weight excluding hydrogens is 974 g/mol. The Morgan fingerprint density at radius 2 is 1.58 bits per heavy atom. The molecule has 398 valence electrons. The summed E-state index contributed by atoms with van der Waals surface area (Å²) in [6.07, 6.45) is 6.39. The largest absolute Gasteiger partial charge is 0.491 e. The van der Waals surface area contributed by atoms with Gasteiger partial charge in [-0.3, -0.25) is 9.59 Å². The molecule has 15 nitrogen and oxygen atoms in total. The number of hydrogen-bond acceptors (Lipinski definition) is 13. The number of piperidine rings is 1. The van der Waals surface area contributed by atoms with Gasteiger partial charge in [-0.2, -0.15) is 5.10 Å². The zero-order valence-electron chi connectivity index (χ0n) is 42.8. The summed E-state index contributed by atoms with van der Waals surface area (Å²) in [5, 5.41) is 4.18. The van der Waals surface area contributed by atoms with E-state index in [4.69, 9.17) is 23.7 Å². The number of piperazine rings is 1. The molecule has 0 aliphatic carbocycles. The first kappa shape index (κ1) is 52.8. The number of likely N-dealkylation sites (tertiary alicyclic amines) is 1. The number of hydrogen-bond donors (Lipinski definition) is 1. The number of carbonyl (C=O) groups is 2. The summed E-state index contributed by atoms with van der Waals surface area (Å²) in [6.45, 7) is 14.3. The lowest BCUT2D eigenvalue weighted by atomic mass is 9.94. The number of unbranched alkanes of at least 4 members (excludes halogenated alkanes) is 2. The van der Waals surface area contributed by atoms with Gasteiger partial charge in [0.05, 0.1) is 38.3 Å². The molecule has 74 heavy (non-hydrogen) atoms. The molecule has 5 aromatic rings. The fourth-order valence-electron chi connectivity index (χ4n) is 10.6. The molecule has 4 aliphatic heterocycles. The smallest absolute Gasteiger partial charge is 0.309 e. The second-order valence-corrected chi connectivity index (χ2v) is 22.6. The molecule has 1 amide bonds. The Balaban J connectivity index is 0.846. The van der Waals surface area contributed by atoms with E-state index in [9.17, 15) is 9.18 Å². The highest BCUT2D eigenvalue weighted by Gasteiger charge is 2.51. The van der Waals surface area contributed by atoms with Crippen molar-refractivity contribution in [2.45, 2.75) is 95.2 Å². The zero-order chi connectivity index (χ0) is 51.8. The quantitative estimate of drug-likeness (QED) is 0.0553. The van der Waals surface area contributed by atoms with E-state index in [0.717, 1.165) is 93.7 Å². The minimum Gasteiger partial charge on any atom is -0.491 e. The molecule has 0 saturated carbocycles. The second kappa shape index (κ2) is 23.7. The molecule has 2 unspecified atom stereocenters. The molecule has 4 atom stereocenters. The van der Waals surface area contributed by atoms with E-state index in [2.05, 4.69) is 74.5 Å². The molecule has 0 spiro atoms. The van der Waals surface area contributed by atoms with Crippen molar-refractivity contribution in [2.75, 3.05) is 92.5 Å². The average Bonchev–Trinajstić information content (AvgIpc) is 4.14. The van der Waals surface area contributed by atoms with E-state index in [1.165, 1.54) is 35.5 Å². The second-order valence-electron chi connectivity index (χ2n) is 19.8. The molecule has 0 radical (unpaired) electrons. The number of halogens is 3. The summed E-state index contributed by atoms with van der Waals surface area (Å²) in [5.41, 5.74) is 1.53. The van der Waals surface area contributed by atoms with Crippen LogP contribution in [0.25, 0.3) is 0 Å². The summed E-state index contributed by atoms with van der Waals surface area (Å²) in [6, 6.07) is 24.4. The van der Waals surface area contributed by atoms with Gasteiger partial charge in [0.2, 0.25) is 0 Å². The van der Waals surface area contributed by atoms with Gasteiger partial charge in [0.1, 0.15) is 42.2 Å². The van der Waals surface area contributed by atoms with Gasteiger partial charge >= 0.3 is 5.97 Å². The van der Waals surface area contributed by atoms with Gasteiger partial charge in [-0.1, -0.05) is 36.0 Å². The highest BCUT2D eigenvalue weighted by Crippen LogP contribution is 2.62. The van der Waals surface area contributed by atoms with E-state index in [1.807, 2.05) is 42.2 Å². The maximum absolute atomic E-state index is 15.7. The number of ether oxygens (including phenoxy) is 5. The molecule has 9 rings (SSSR count). The number of rotatable bonds is 21. The van der Waals surface area contributed by atoms with Crippen LogP contribution in [-0.4, -0.2) is 132 Å². The SMILES string of the molecule is CCCCCOc1ccc(NS2(c3ccc(N4CCN(c5ccc(OC[C@H]6OC[C@](Cn7cncn7)(c7ccc(F)cc7F)O6)cc5)CC4)cc3)CC(CN3CCC(C(=O)OCC)CC3)N(C(C)C)C2=O)cc1F. The maximum atomic E-state index is 15.7. The third kappa shape index (κ3) is 11.9. The van der Waals surface area contributed by atoms with E-state index >= 15 is 13.6 Å². The molecule has 4 aliphatic rings. The van der Waals surface area contributed by atoms with Crippen LogP contribution in [0.15, 0.2) is 102 Å². The standard InChI is InChI=1S/C55H69F3N8O7S/c1-5-7-8-29-70-51-20-10-42(31-50(51)58)61-74(34-45(66(39(3)4)54(74)68)32-62-23-21-40(22-24-62)53(67)69-6-2)47-17-13-44(14-18-47)64-27-25-63(26-28-64)43-11-15-46(16-12-43)71-33-52-72-36-55(73-52,35-65-38-59-37-60-65)48-19-9-41(56)30-49(48)57/h9-20,30-31,37-40,45,52,61H,5-8,21-29,32-36H2,1-4H3/t45?,52-,55+/m0/s1. The molecule has 4 saturated heterocycles. The predicted molar refractivity (Wildman–Crippen MR) is 279 cm³/mol. The molecule has 19 heteroatoms. The third-order valence-corrected chi connectivity index (χ3v) is 17.8. The molecule has 0 bridgehead atoms. The van der Waals surface area contributed by atoms with Crippen LogP contribution in [0.2, 0.25) is 0 Å². The average molecular weight is 1040 g/mol. The number of benzene rings is 4. The molecule has 4 fully saturated rings. The van der Waals surface area contributed by atoms with Crippen LogP contribution in [0.3, 0.4) is 0 Å². The maximum Gasteiger partial charge on any atom is 0.309 e. The summed E-state index contributed by atoms with van der Waals surface area (Å²) < 4.78 is 79.3. The first-order valence-corrected chi connectivity index (χ1v) is 27.8. The van der Waals surface area contributed by atoms with Crippen LogP contribution in [0.5, 0.6) is 11.5 Å². The first-order valence-electron chi connectivity index (χ1n) is 26.0. The number of carbonyl (C=O) groups excluding carboxylic acids is 2. The van der Waals surface area contributed by atoms with Crippen molar-refractivity contribution in [3.05, 3.63) is 121 Å². The molecule has 5 heterocycles. The number of aromatic nitrogens is 3. The fraction of sp³-hybridized carbons (Fsp3) is 0.491. The Labute approximate surface area is 433 Å². The summed E-state index contributed by atoms with van der Waals surface area (Å²) in [4.78, 5) is 41.7. The van der Waals surface area contributed by atoms with Gasteiger partial charge in [0.15, 0.2) is 17.9 Å². The van der Waals surface area contributed by atoms with Gasteiger partial charge in [-0.25, -0.2) is 22.8 Å². The molecule has 1 N–H and O–H groups in total. The van der Waals surface area contributed by atoms with Gasteiger partial charge in [-0.15, -0.1) is 0 Å². The minimum atomic E-state index is -2.44. The Kier molecular flexibility index (Phi) is 16.9. The van der Waals surface area contributed by atoms with Crippen molar-refractivity contribution in [3.63, 3.8) is 0 Å². The number of nitrogens with one attached hydrogen (secondary N) is 1. The minimum absolute atomic E-state index is 0.00374. The monoisotopic (exact) mass is 1040 g/mol. The van der Waals surface area contributed by atoms with E-state index < -0.39 is 39.6 Å². The van der Waals surface area contributed by atoms with Gasteiger partial charge in [-0.05, 0) is 120 Å².